The topological polar surface area (TPSA) is 97.8 Å². The van der Waals surface area contributed by atoms with Crippen LogP contribution in [0.2, 0.25) is 0 Å². The summed E-state index contributed by atoms with van der Waals surface area (Å²) in [6, 6.07) is 7.24. The molecule has 3 N–H and O–H groups in total. The molecule has 0 saturated carbocycles. The molecule has 2 rings (SSSR count). The maximum absolute atomic E-state index is 10.2. The third-order valence-corrected chi connectivity index (χ3v) is 1.76. The number of pyridine rings is 1. The van der Waals surface area contributed by atoms with E-state index in [1.165, 1.54) is 6.07 Å². The van der Waals surface area contributed by atoms with Crippen molar-refractivity contribution in [2.75, 3.05) is 5.73 Å². The molecule has 2 aromatic rings. The summed E-state index contributed by atoms with van der Waals surface area (Å²) in [4.78, 5) is 15.9. The van der Waals surface area contributed by atoms with Crippen LogP contribution in [0.3, 0.4) is 0 Å². The fourth-order valence-corrected chi connectivity index (χ4v) is 1.08. The van der Waals surface area contributed by atoms with Gasteiger partial charge in [0.1, 0.15) is 0 Å². The van der Waals surface area contributed by atoms with Crippen molar-refractivity contribution >= 4 is 11.6 Å². The number of nitrogens with zero attached hydrogens (tertiary/aromatic N) is 2. The molecule has 0 aliphatic carbocycles. The van der Waals surface area contributed by atoms with E-state index in [-0.39, 0.29) is 5.82 Å². The first-order chi connectivity index (χ1) is 7.61. The Labute approximate surface area is 92.3 Å². The zero-order valence-corrected chi connectivity index (χ0v) is 8.75. The number of nitrogens with two attached hydrogens (primary N) is 1. The highest BCUT2D eigenvalue weighted by atomic mass is 16.6. The maximum Gasteiger partial charge on any atom is 0.325 e. The highest BCUT2D eigenvalue weighted by Gasteiger charge is 2.10. The number of aromatic amines is 1. The van der Waals surface area contributed by atoms with E-state index in [9.17, 15) is 10.1 Å². The zero-order valence-electron chi connectivity index (χ0n) is 8.75. The molecule has 0 bridgehead atoms. The van der Waals surface area contributed by atoms with Crippen molar-refractivity contribution in [3.63, 3.8) is 0 Å². The van der Waals surface area contributed by atoms with Crippen LogP contribution in [0.1, 0.15) is 5.56 Å². The average Bonchev–Trinajstić information content (AvgIpc) is 2.61. The molecule has 0 fully saturated rings. The molecule has 0 spiro atoms. The molecule has 0 atom stereocenters. The van der Waals surface area contributed by atoms with Gasteiger partial charge in [-0.25, -0.2) is 4.98 Å². The summed E-state index contributed by atoms with van der Waals surface area (Å²) in [7, 11) is 0. The van der Waals surface area contributed by atoms with Gasteiger partial charge in [0, 0.05) is 24.0 Å². The van der Waals surface area contributed by atoms with Gasteiger partial charge in [-0.1, -0.05) is 6.07 Å². The summed E-state index contributed by atoms with van der Waals surface area (Å²) in [6.45, 7) is 1.63. The van der Waals surface area contributed by atoms with Gasteiger partial charge in [0.25, 0.3) is 0 Å². The van der Waals surface area contributed by atoms with Crippen LogP contribution in [0, 0.1) is 17.0 Å². The lowest BCUT2D eigenvalue weighted by atomic mass is 10.3. The van der Waals surface area contributed by atoms with Crippen molar-refractivity contribution in [2.24, 2.45) is 0 Å². The molecule has 6 nitrogen and oxygen atoms in total. The number of hydrogen-bond donors (Lipinski definition) is 2. The highest BCUT2D eigenvalue weighted by molar-refractivity contribution is 5.45. The summed E-state index contributed by atoms with van der Waals surface area (Å²) < 4.78 is 0. The second-order valence-electron chi connectivity index (χ2n) is 3.04. The molecule has 0 unspecified atom stereocenters. The van der Waals surface area contributed by atoms with Gasteiger partial charge in [-0.2, -0.15) is 0 Å². The Morgan fingerprint density at radius 3 is 2.19 bits per heavy atom. The van der Waals surface area contributed by atoms with Crippen LogP contribution in [0.15, 0.2) is 36.7 Å². The fraction of sp³-hybridized carbons (Fsp3) is 0.100. The number of aromatic nitrogens is 2. The number of nitrogens with one attached hydrogen (secondary N) is 1. The molecule has 6 heteroatoms. The van der Waals surface area contributed by atoms with Crippen molar-refractivity contribution in [3.05, 3.63) is 52.3 Å². The predicted molar refractivity (Wildman–Crippen MR) is 60.8 cm³/mol. The normalized spacial score (nSPS) is 9.06. The van der Waals surface area contributed by atoms with Crippen molar-refractivity contribution in [1.82, 2.24) is 9.97 Å². The number of nitro groups is 1. The van der Waals surface area contributed by atoms with Crippen LogP contribution in [-0.2, 0) is 0 Å². The van der Waals surface area contributed by atoms with Crippen LogP contribution >= 0.6 is 0 Å². The molecule has 84 valence electrons. The van der Waals surface area contributed by atoms with Gasteiger partial charge in [-0.3, -0.25) is 4.98 Å². The van der Waals surface area contributed by atoms with Gasteiger partial charge in [-0.15, -0.1) is 0 Å². The zero-order chi connectivity index (χ0) is 12.0. The van der Waals surface area contributed by atoms with Gasteiger partial charge in [0.05, 0.1) is 0 Å². The van der Waals surface area contributed by atoms with Gasteiger partial charge >= 0.3 is 5.82 Å². The quantitative estimate of drug-likeness (QED) is 0.566. The van der Waals surface area contributed by atoms with Crippen molar-refractivity contribution in [3.8, 4) is 0 Å². The van der Waals surface area contributed by atoms with E-state index in [1.54, 1.807) is 19.3 Å². The molecule has 2 heterocycles. The third-order valence-electron chi connectivity index (χ3n) is 1.76. The second kappa shape index (κ2) is 5.50. The van der Waals surface area contributed by atoms with E-state index >= 15 is 0 Å². The van der Waals surface area contributed by atoms with Crippen molar-refractivity contribution in [2.45, 2.75) is 6.92 Å². The predicted octanol–water partition coefficient (Wildman–Crippen LogP) is 1.90. The Kier molecular flexibility index (Phi) is 4.02. The molecular formula is C10H12N4O2. The molecule has 0 aliphatic heterocycles. The van der Waals surface area contributed by atoms with Crippen LogP contribution < -0.4 is 5.73 Å². The first-order valence-corrected chi connectivity index (χ1v) is 4.55. The number of rotatable bonds is 1. The van der Waals surface area contributed by atoms with Gasteiger partial charge in [0.2, 0.25) is 0 Å². The number of nitrogen functional groups attached to an aromatic ring is 1. The number of H-pyrrole nitrogens is 1. The van der Waals surface area contributed by atoms with Gasteiger partial charge < -0.3 is 15.8 Å². The van der Waals surface area contributed by atoms with E-state index in [0.717, 1.165) is 0 Å². The van der Waals surface area contributed by atoms with Crippen LogP contribution in [0.25, 0.3) is 0 Å². The minimum Gasteiger partial charge on any atom is -0.366 e. The fourth-order valence-electron chi connectivity index (χ4n) is 1.08. The lowest BCUT2D eigenvalue weighted by Crippen LogP contribution is -1.90. The summed E-state index contributed by atoms with van der Waals surface area (Å²) in [6.07, 6.45) is 3.50. The molecule has 0 aromatic carbocycles. The largest absolute Gasteiger partial charge is 0.366 e. The Morgan fingerprint density at radius 1 is 1.38 bits per heavy atom. The minimum absolute atomic E-state index is 0.0301. The molecule has 2 aromatic heterocycles. The Hall–Kier alpha value is -2.37. The number of aryl methyl sites for hydroxylation is 1. The first-order valence-electron chi connectivity index (χ1n) is 4.55. The molecular weight excluding hydrogens is 208 g/mol. The van der Waals surface area contributed by atoms with E-state index in [0.29, 0.717) is 11.4 Å². The number of anilines is 1. The van der Waals surface area contributed by atoms with Crippen LogP contribution in [0.4, 0.5) is 11.6 Å². The minimum atomic E-state index is -0.494. The molecule has 0 aliphatic rings. The van der Waals surface area contributed by atoms with Crippen LogP contribution in [-0.4, -0.2) is 14.9 Å². The Bertz CT molecular complexity index is 426. The molecule has 0 amide bonds. The standard InChI is InChI=1S/C5H7N3O2.C5H5N/c1-3-2-4(6)7-5(3)8(9)10;1-2-4-6-5-3-1/h2,7H,6H2,1H3;1-5H. The summed E-state index contributed by atoms with van der Waals surface area (Å²) >= 11 is 0. The van der Waals surface area contributed by atoms with Crippen molar-refractivity contribution in [1.29, 1.82) is 0 Å². The molecule has 0 radical (unpaired) electrons. The first kappa shape index (κ1) is 11.7. The summed E-state index contributed by atoms with van der Waals surface area (Å²) in [5.41, 5.74) is 5.82. The Morgan fingerprint density at radius 2 is 2.00 bits per heavy atom. The van der Waals surface area contributed by atoms with E-state index in [2.05, 4.69) is 9.97 Å². The lowest BCUT2D eigenvalue weighted by Gasteiger charge is -1.88. The summed E-state index contributed by atoms with van der Waals surface area (Å²) in [5, 5.41) is 10.2. The van der Waals surface area contributed by atoms with Crippen molar-refractivity contribution < 1.29 is 4.92 Å². The smallest absolute Gasteiger partial charge is 0.325 e. The average molecular weight is 220 g/mol. The van der Waals surface area contributed by atoms with E-state index < -0.39 is 4.92 Å². The maximum atomic E-state index is 10.2. The van der Waals surface area contributed by atoms with E-state index in [4.69, 9.17) is 5.73 Å². The number of hydrogen-bond acceptors (Lipinski definition) is 4. The van der Waals surface area contributed by atoms with Gasteiger partial charge in [0.15, 0.2) is 5.82 Å². The summed E-state index contributed by atoms with van der Waals surface area (Å²) in [5.74, 6) is 0.293. The monoisotopic (exact) mass is 220 g/mol. The van der Waals surface area contributed by atoms with Gasteiger partial charge in [-0.05, 0) is 24.0 Å². The van der Waals surface area contributed by atoms with Crippen LogP contribution in [0.5, 0.6) is 0 Å². The van der Waals surface area contributed by atoms with E-state index in [1.807, 2.05) is 18.2 Å². The molecule has 0 saturated heterocycles. The second-order valence-corrected chi connectivity index (χ2v) is 3.04. The highest BCUT2D eigenvalue weighted by Crippen LogP contribution is 2.17. The Balaban J connectivity index is 0.000000181. The third kappa shape index (κ3) is 3.41. The molecule has 16 heavy (non-hydrogen) atoms. The lowest BCUT2D eigenvalue weighted by molar-refractivity contribution is -0.389. The SMILES string of the molecule is Cc1cc(N)[nH]c1[N+](=O)[O-].c1ccncc1.